The van der Waals surface area contributed by atoms with E-state index >= 15 is 0 Å². The first kappa shape index (κ1) is 15.7. The van der Waals surface area contributed by atoms with E-state index in [-0.39, 0.29) is 5.97 Å². The fraction of sp³-hybridized carbons (Fsp3) is 0.533. The summed E-state index contributed by atoms with van der Waals surface area (Å²) in [5.74, 6) is -0.305. The third kappa shape index (κ3) is 8.49. The van der Waals surface area contributed by atoms with Gasteiger partial charge in [0.15, 0.2) is 0 Å². The molecule has 0 rings (SSSR count). The lowest BCUT2D eigenvalue weighted by atomic mass is 10.1. The second-order valence-electron chi connectivity index (χ2n) is 4.50. The highest BCUT2D eigenvalue weighted by molar-refractivity contribution is 5.87. The number of allylic oxidation sites excluding steroid dienone is 4. The van der Waals surface area contributed by atoms with Gasteiger partial charge < -0.3 is 4.74 Å². The quantitative estimate of drug-likeness (QED) is 0.376. The van der Waals surface area contributed by atoms with Crippen molar-refractivity contribution in [2.24, 2.45) is 0 Å². The molecule has 0 saturated heterocycles. The van der Waals surface area contributed by atoms with Crippen molar-refractivity contribution < 1.29 is 9.53 Å². The Morgan fingerprint density at radius 3 is 2.24 bits per heavy atom. The van der Waals surface area contributed by atoms with Gasteiger partial charge in [0.1, 0.15) is 0 Å². The first-order valence-corrected chi connectivity index (χ1v) is 6.02. The van der Waals surface area contributed by atoms with Gasteiger partial charge in [-0.05, 0) is 46.5 Å². The van der Waals surface area contributed by atoms with E-state index in [2.05, 4.69) is 44.2 Å². The fourth-order valence-corrected chi connectivity index (χ4v) is 1.43. The topological polar surface area (TPSA) is 26.3 Å². The van der Waals surface area contributed by atoms with Crippen molar-refractivity contribution in [2.45, 2.75) is 46.5 Å². The number of ether oxygens (including phenoxy) is 1. The van der Waals surface area contributed by atoms with Crippen molar-refractivity contribution in [3.63, 3.8) is 0 Å². The molecule has 0 N–H and O–H groups in total. The zero-order chi connectivity index (χ0) is 13.3. The monoisotopic (exact) mass is 236 g/mol. The summed E-state index contributed by atoms with van der Waals surface area (Å²) in [6, 6.07) is 0. The Hall–Kier alpha value is -1.31. The van der Waals surface area contributed by atoms with Crippen LogP contribution in [0.2, 0.25) is 0 Å². The number of hydrogen-bond acceptors (Lipinski definition) is 2. The molecule has 0 aromatic rings. The fourth-order valence-electron chi connectivity index (χ4n) is 1.43. The van der Waals surface area contributed by atoms with Gasteiger partial charge in [0.25, 0.3) is 0 Å². The molecular formula is C15H24O2. The number of rotatable bonds is 7. The molecule has 0 amide bonds. The lowest BCUT2D eigenvalue weighted by molar-refractivity contribution is -0.136. The third-order valence-electron chi connectivity index (χ3n) is 2.50. The summed E-state index contributed by atoms with van der Waals surface area (Å²) in [7, 11) is 1.38. The summed E-state index contributed by atoms with van der Waals surface area (Å²) in [5, 5.41) is 0. The smallest absolute Gasteiger partial charge is 0.333 e. The van der Waals surface area contributed by atoms with Crippen LogP contribution in [0.5, 0.6) is 0 Å². The maximum absolute atomic E-state index is 11.1. The summed E-state index contributed by atoms with van der Waals surface area (Å²) in [4.78, 5) is 11.1. The molecule has 0 aliphatic heterocycles. The van der Waals surface area contributed by atoms with E-state index in [4.69, 9.17) is 0 Å². The molecule has 0 fully saturated rings. The van der Waals surface area contributed by atoms with E-state index < -0.39 is 0 Å². The maximum atomic E-state index is 11.1. The van der Waals surface area contributed by atoms with Gasteiger partial charge in [-0.2, -0.15) is 0 Å². The van der Waals surface area contributed by atoms with Crippen LogP contribution in [0.15, 0.2) is 35.5 Å². The van der Waals surface area contributed by atoms with Crippen molar-refractivity contribution in [1.82, 2.24) is 0 Å². The zero-order valence-corrected chi connectivity index (χ0v) is 11.5. The largest absolute Gasteiger partial charge is 0.466 e. The molecule has 0 aliphatic carbocycles. The van der Waals surface area contributed by atoms with E-state index in [0.29, 0.717) is 12.0 Å². The molecule has 2 nitrogen and oxygen atoms in total. The van der Waals surface area contributed by atoms with Gasteiger partial charge in [-0.1, -0.05) is 29.9 Å². The Balaban J connectivity index is 3.88. The minimum Gasteiger partial charge on any atom is -0.466 e. The average molecular weight is 236 g/mol. The van der Waals surface area contributed by atoms with Crippen LogP contribution in [0.25, 0.3) is 0 Å². The predicted octanol–water partition coefficient (Wildman–Crippen LogP) is 4.19. The van der Waals surface area contributed by atoms with Crippen LogP contribution >= 0.6 is 0 Å². The molecule has 0 heterocycles. The average Bonchev–Trinajstić information content (AvgIpc) is 2.27. The highest BCUT2D eigenvalue weighted by Gasteiger charge is 2.04. The molecule has 0 spiro atoms. The van der Waals surface area contributed by atoms with Crippen molar-refractivity contribution in [3.05, 3.63) is 35.5 Å². The van der Waals surface area contributed by atoms with Crippen LogP contribution in [0, 0.1) is 0 Å². The summed E-state index contributed by atoms with van der Waals surface area (Å²) < 4.78 is 4.59. The molecule has 96 valence electrons. The molecule has 0 aliphatic rings. The van der Waals surface area contributed by atoms with Crippen LogP contribution in [-0.4, -0.2) is 13.1 Å². The molecule has 0 bridgehead atoms. The number of carbonyl (C=O) groups is 1. The summed E-state index contributed by atoms with van der Waals surface area (Å²) >= 11 is 0. The summed E-state index contributed by atoms with van der Waals surface area (Å²) in [5.41, 5.74) is 3.26. The Bertz CT molecular complexity index is 318. The van der Waals surface area contributed by atoms with Crippen LogP contribution in [0.3, 0.4) is 0 Å². The van der Waals surface area contributed by atoms with Crippen molar-refractivity contribution in [2.75, 3.05) is 7.11 Å². The zero-order valence-electron chi connectivity index (χ0n) is 11.5. The first-order chi connectivity index (χ1) is 7.97. The molecule has 2 heteroatoms. The molecule has 0 unspecified atom stereocenters. The molecule has 0 aromatic heterocycles. The Kier molecular flexibility index (Phi) is 8.12. The Morgan fingerprint density at radius 2 is 1.71 bits per heavy atom. The number of carbonyl (C=O) groups excluding carboxylic acids is 1. The van der Waals surface area contributed by atoms with Gasteiger partial charge in [-0.25, -0.2) is 4.79 Å². The van der Waals surface area contributed by atoms with E-state index in [1.165, 1.54) is 18.3 Å². The number of hydrogen-bond donors (Lipinski definition) is 0. The molecule has 0 radical (unpaired) electrons. The molecular weight excluding hydrogens is 212 g/mol. The molecule has 0 saturated carbocycles. The van der Waals surface area contributed by atoms with Crippen LogP contribution in [0.1, 0.15) is 46.5 Å². The SMILES string of the molecule is C=C(CC/C=C(\C)CCC=C(C)C)C(=O)OC. The van der Waals surface area contributed by atoms with E-state index in [9.17, 15) is 4.79 Å². The molecule has 17 heavy (non-hydrogen) atoms. The van der Waals surface area contributed by atoms with E-state index in [1.807, 2.05) is 0 Å². The van der Waals surface area contributed by atoms with E-state index in [0.717, 1.165) is 19.3 Å². The van der Waals surface area contributed by atoms with Gasteiger partial charge in [0, 0.05) is 5.57 Å². The maximum Gasteiger partial charge on any atom is 0.333 e. The van der Waals surface area contributed by atoms with Crippen LogP contribution < -0.4 is 0 Å². The first-order valence-electron chi connectivity index (χ1n) is 6.02. The van der Waals surface area contributed by atoms with Crippen molar-refractivity contribution >= 4 is 5.97 Å². The Labute approximate surface area is 105 Å². The lowest BCUT2D eigenvalue weighted by Gasteiger charge is -2.02. The number of methoxy groups -OCH3 is 1. The normalized spacial score (nSPS) is 10.9. The highest BCUT2D eigenvalue weighted by Crippen LogP contribution is 2.11. The lowest BCUT2D eigenvalue weighted by Crippen LogP contribution is -2.02. The van der Waals surface area contributed by atoms with Crippen molar-refractivity contribution in [1.29, 1.82) is 0 Å². The van der Waals surface area contributed by atoms with Gasteiger partial charge in [-0.15, -0.1) is 0 Å². The van der Waals surface area contributed by atoms with Gasteiger partial charge in [0.05, 0.1) is 7.11 Å². The highest BCUT2D eigenvalue weighted by atomic mass is 16.5. The van der Waals surface area contributed by atoms with Gasteiger partial charge in [0.2, 0.25) is 0 Å². The van der Waals surface area contributed by atoms with Crippen LogP contribution in [0.4, 0.5) is 0 Å². The van der Waals surface area contributed by atoms with Gasteiger partial charge in [-0.3, -0.25) is 0 Å². The van der Waals surface area contributed by atoms with Crippen molar-refractivity contribution in [3.8, 4) is 0 Å². The second-order valence-corrected chi connectivity index (χ2v) is 4.50. The minimum absolute atomic E-state index is 0.305. The van der Waals surface area contributed by atoms with Gasteiger partial charge >= 0.3 is 5.97 Å². The number of esters is 1. The predicted molar refractivity (Wildman–Crippen MR) is 72.8 cm³/mol. The van der Waals surface area contributed by atoms with E-state index in [1.54, 1.807) is 0 Å². The third-order valence-corrected chi connectivity index (χ3v) is 2.50. The van der Waals surface area contributed by atoms with Crippen LogP contribution in [-0.2, 0) is 9.53 Å². The Morgan fingerprint density at radius 1 is 1.12 bits per heavy atom. The summed E-state index contributed by atoms with van der Waals surface area (Å²) in [6.07, 6.45) is 8.11. The molecule has 0 atom stereocenters. The minimum atomic E-state index is -0.305. The second kappa shape index (κ2) is 8.80. The molecule has 0 aromatic carbocycles. The standard InChI is InChI=1S/C15H24O2/c1-12(2)8-6-9-13(3)10-7-11-14(4)15(16)17-5/h8,10H,4,6-7,9,11H2,1-3,5H3/b13-10+. The summed E-state index contributed by atoms with van der Waals surface area (Å²) in [6.45, 7) is 10.0.